The molecule has 144 valence electrons. The molecule has 1 aromatic carbocycles. The Hall–Kier alpha value is -1.56. The Labute approximate surface area is 173 Å². The zero-order valence-corrected chi connectivity index (χ0v) is 17.4. The molecule has 7 heteroatoms. The number of rotatable bonds is 6. The quantitative estimate of drug-likeness (QED) is 0.649. The summed E-state index contributed by atoms with van der Waals surface area (Å²) in [5.41, 5.74) is 2.25. The summed E-state index contributed by atoms with van der Waals surface area (Å²) in [5, 5.41) is 2.08. The topological polar surface area (TPSA) is 40.6 Å². The number of alkyl halides is 2. The van der Waals surface area contributed by atoms with Crippen molar-refractivity contribution in [2.24, 2.45) is 0 Å². The molecule has 0 spiro atoms. The first-order chi connectivity index (χ1) is 13.0. The summed E-state index contributed by atoms with van der Waals surface area (Å²) < 4.78 is 0. The molecule has 27 heavy (non-hydrogen) atoms. The van der Waals surface area contributed by atoms with Crippen LogP contribution in [0.5, 0.6) is 0 Å². The smallest absolute Gasteiger partial charge is 0.256 e. The Morgan fingerprint density at radius 1 is 1.26 bits per heavy atom. The lowest BCUT2D eigenvalue weighted by Gasteiger charge is -2.37. The molecule has 0 radical (unpaired) electrons. The largest absolute Gasteiger partial charge is 0.331 e. The third-order valence-electron chi connectivity index (χ3n) is 4.72. The molecule has 1 unspecified atom stereocenters. The van der Waals surface area contributed by atoms with Crippen molar-refractivity contribution in [1.82, 2.24) is 9.80 Å². The molecule has 1 atom stereocenters. The minimum Gasteiger partial charge on any atom is -0.331 e. The van der Waals surface area contributed by atoms with Gasteiger partial charge in [0.2, 0.25) is 5.91 Å². The van der Waals surface area contributed by atoms with Gasteiger partial charge in [0.05, 0.1) is 12.6 Å². The van der Waals surface area contributed by atoms with E-state index in [4.69, 9.17) is 23.2 Å². The predicted molar refractivity (Wildman–Crippen MR) is 110 cm³/mol. The van der Waals surface area contributed by atoms with Crippen LogP contribution in [0, 0.1) is 0 Å². The molecule has 0 N–H and O–H groups in total. The van der Waals surface area contributed by atoms with Crippen LogP contribution in [0.15, 0.2) is 41.8 Å². The minimum atomic E-state index is -1.15. The molecule has 0 fully saturated rings. The third-order valence-corrected chi connectivity index (χ3v) is 6.09. The average molecular weight is 425 g/mol. The third kappa shape index (κ3) is 4.48. The van der Waals surface area contributed by atoms with E-state index in [1.54, 1.807) is 11.3 Å². The lowest BCUT2D eigenvalue weighted by Crippen LogP contribution is -2.47. The molecule has 1 aromatic heterocycles. The van der Waals surface area contributed by atoms with Crippen LogP contribution in [0.1, 0.15) is 35.4 Å². The first kappa shape index (κ1) is 20.2. The van der Waals surface area contributed by atoms with Crippen LogP contribution in [-0.2, 0) is 16.0 Å². The Balaban J connectivity index is 1.87. The number of carbonyl (C=O) groups is 2. The number of nitrogens with zero attached hydrogens (tertiary/aromatic N) is 2. The number of hydrogen-bond acceptors (Lipinski definition) is 3. The molecule has 0 saturated carbocycles. The Morgan fingerprint density at radius 3 is 2.67 bits per heavy atom. The Kier molecular flexibility index (Phi) is 6.79. The second-order valence-electron chi connectivity index (χ2n) is 6.51. The first-order valence-corrected chi connectivity index (χ1v) is 10.8. The molecule has 4 nitrogen and oxygen atoms in total. The highest BCUT2D eigenvalue weighted by atomic mass is 35.5. The monoisotopic (exact) mass is 424 g/mol. The van der Waals surface area contributed by atoms with E-state index in [-0.39, 0.29) is 18.5 Å². The fraction of sp³-hybridized carbons (Fsp3) is 0.400. The van der Waals surface area contributed by atoms with Gasteiger partial charge in [-0.3, -0.25) is 9.59 Å². The zero-order valence-electron chi connectivity index (χ0n) is 15.1. The molecule has 0 saturated heterocycles. The van der Waals surface area contributed by atoms with Crippen molar-refractivity contribution in [2.75, 3.05) is 19.6 Å². The first-order valence-electron chi connectivity index (χ1n) is 9.00. The lowest BCUT2D eigenvalue weighted by molar-refractivity contribution is -0.141. The van der Waals surface area contributed by atoms with Gasteiger partial charge in [0.25, 0.3) is 5.91 Å². The summed E-state index contributed by atoms with van der Waals surface area (Å²) in [6.07, 6.45) is 1.56. The summed E-state index contributed by atoms with van der Waals surface area (Å²) in [4.78, 5) is 28.9. The maximum absolute atomic E-state index is 13.2. The number of fused-ring (bicyclic) bond motifs is 1. The SMILES string of the molecule is CCCN(CC(=O)N1CCc2sccc2C1c1ccccc1)C(=O)C(Cl)Cl. The molecule has 2 aromatic rings. The van der Waals surface area contributed by atoms with Gasteiger partial charge in [-0.2, -0.15) is 0 Å². The molecule has 1 aliphatic rings. The van der Waals surface area contributed by atoms with Gasteiger partial charge in [-0.25, -0.2) is 0 Å². The molecular weight excluding hydrogens is 403 g/mol. The highest BCUT2D eigenvalue weighted by Crippen LogP contribution is 2.37. The number of halogens is 2. The number of thiophene rings is 1. The van der Waals surface area contributed by atoms with Crippen molar-refractivity contribution in [1.29, 1.82) is 0 Å². The lowest BCUT2D eigenvalue weighted by atomic mass is 9.93. The fourth-order valence-corrected chi connectivity index (χ4v) is 4.69. The Bertz CT molecular complexity index is 794. The number of hydrogen-bond donors (Lipinski definition) is 0. The van der Waals surface area contributed by atoms with Crippen LogP contribution in [0.25, 0.3) is 0 Å². The van der Waals surface area contributed by atoms with Crippen LogP contribution in [-0.4, -0.2) is 46.1 Å². The van der Waals surface area contributed by atoms with Gasteiger partial charge in [-0.15, -0.1) is 11.3 Å². The fourth-order valence-electron chi connectivity index (χ4n) is 3.51. The number of benzene rings is 1. The van der Waals surface area contributed by atoms with Crippen molar-refractivity contribution < 1.29 is 9.59 Å². The van der Waals surface area contributed by atoms with Crippen LogP contribution in [0.3, 0.4) is 0 Å². The summed E-state index contributed by atoms with van der Waals surface area (Å²) in [6, 6.07) is 12.0. The van der Waals surface area contributed by atoms with Gasteiger partial charge in [-0.1, -0.05) is 60.5 Å². The maximum Gasteiger partial charge on any atom is 0.256 e. The number of carbonyl (C=O) groups excluding carboxylic acids is 2. The second kappa shape index (κ2) is 9.09. The molecule has 2 amide bonds. The van der Waals surface area contributed by atoms with Gasteiger partial charge < -0.3 is 9.80 Å². The van der Waals surface area contributed by atoms with Crippen molar-refractivity contribution in [3.63, 3.8) is 0 Å². The molecule has 2 heterocycles. The Morgan fingerprint density at radius 2 is 2.00 bits per heavy atom. The average Bonchev–Trinajstić information content (AvgIpc) is 3.15. The van der Waals surface area contributed by atoms with Crippen LogP contribution in [0.2, 0.25) is 0 Å². The van der Waals surface area contributed by atoms with Crippen molar-refractivity contribution in [3.05, 3.63) is 57.8 Å². The van der Waals surface area contributed by atoms with Crippen molar-refractivity contribution in [3.8, 4) is 0 Å². The zero-order chi connectivity index (χ0) is 19.4. The van der Waals surface area contributed by atoms with E-state index in [0.717, 1.165) is 18.4 Å². The van der Waals surface area contributed by atoms with E-state index in [0.29, 0.717) is 13.1 Å². The van der Waals surface area contributed by atoms with Gasteiger partial charge in [0, 0.05) is 18.0 Å². The predicted octanol–water partition coefficient (Wildman–Crippen LogP) is 4.26. The highest BCUT2D eigenvalue weighted by molar-refractivity contribution is 7.10. The normalized spacial score (nSPS) is 16.3. The van der Waals surface area contributed by atoms with Gasteiger partial charge in [0.1, 0.15) is 0 Å². The number of amides is 2. The summed E-state index contributed by atoms with van der Waals surface area (Å²) in [5.74, 6) is -0.505. The molecule has 0 aliphatic carbocycles. The van der Waals surface area contributed by atoms with E-state index in [9.17, 15) is 9.59 Å². The summed E-state index contributed by atoms with van der Waals surface area (Å²) >= 11 is 13.2. The van der Waals surface area contributed by atoms with Crippen molar-refractivity contribution in [2.45, 2.75) is 30.6 Å². The van der Waals surface area contributed by atoms with E-state index in [1.165, 1.54) is 15.3 Å². The standard InChI is InChI=1S/C20H22Cl2N2O2S/c1-2-10-23(20(26)19(21)22)13-17(25)24-11-8-16-15(9-12-27-16)18(24)14-6-4-3-5-7-14/h3-7,9,12,18-19H,2,8,10-11,13H2,1H3. The van der Waals surface area contributed by atoms with Gasteiger partial charge >= 0.3 is 0 Å². The molecule has 0 bridgehead atoms. The molecule has 1 aliphatic heterocycles. The summed E-state index contributed by atoms with van der Waals surface area (Å²) in [7, 11) is 0. The molecule has 3 rings (SSSR count). The van der Waals surface area contributed by atoms with Crippen molar-refractivity contribution >= 4 is 46.4 Å². The van der Waals surface area contributed by atoms with E-state index >= 15 is 0 Å². The summed E-state index contributed by atoms with van der Waals surface area (Å²) in [6.45, 7) is 3.03. The van der Waals surface area contributed by atoms with E-state index < -0.39 is 10.7 Å². The van der Waals surface area contributed by atoms with Crippen LogP contribution < -0.4 is 0 Å². The van der Waals surface area contributed by atoms with E-state index in [1.807, 2.05) is 42.2 Å². The van der Waals surface area contributed by atoms with Gasteiger partial charge in [-0.05, 0) is 35.4 Å². The van der Waals surface area contributed by atoms with Gasteiger partial charge in [0.15, 0.2) is 4.84 Å². The molecular formula is C20H22Cl2N2O2S. The van der Waals surface area contributed by atoms with Crippen LogP contribution in [0.4, 0.5) is 0 Å². The van der Waals surface area contributed by atoms with E-state index in [2.05, 4.69) is 11.4 Å². The maximum atomic E-state index is 13.2. The highest BCUT2D eigenvalue weighted by Gasteiger charge is 2.34. The van der Waals surface area contributed by atoms with Crippen LogP contribution >= 0.6 is 34.5 Å². The minimum absolute atomic E-state index is 0.00851. The second-order valence-corrected chi connectivity index (χ2v) is 8.61.